The Bertz CT molecular complexity index is 763. The van der Waals surface area contributed by atoms with Gasteiger partial charge >= 0.3 is 5.97 Å². The number of anilines is 1. The predicted molar refractivity (Wildman–Crippen MR) is 91.0 cm³/mol. The average Bonchev–Trinajstić information content (AvgIpc) is 2.82. The number of rotatable bonds is 4. The summed E-state index contributed by atoms with van der Waals surface area (Å²) < 4.78 is 12.6. The molecular weight excluding hydrogens is 310 g/mol. The van der Waals surface area contributed by atoms with Crippen LogP contribution in [0.1, 0.15) is 23.0 Å². The number of phenols is 1. The molecule has 1 aromatic heterocycles. The lowest BCUT2D eigenvalue weighted by Crippen LogP contribution is -2.36. The molecule has 2 aromatic rings. The van der Waals surface area contributed by atoms with E-state index in [1.54, 1.807) is 19.1 Å². The zero-order valence-corrected chi connectivity index (χ0v) is 14.0. The number of carbonyl (C=O) groups is 1. The van der Waals surface area contributed by atoms with Crippen LogP contribution in [0.4, 0.5) is 5.69 Å². The summed E-state index contributed by atoms with van der Waals surface area (Å²) in [7, 11) is 1.90. The summed E-state index contributed by atoms with van der Waals surface area (Å²) in [6.07, 6.45) is 0. The predicted octanol–water partition coefficient (Wildman–Crippen LogP) is 1.47. The largest absolute Gasteiger partial charge is 0.506 e. The number of ether oxygens (including phenoxy) is 2. The number of morpholine rings is 1. The highest BCUT2D eigenvalue weighted by Crippen LogP contribution is 2.33. The molecule has 1 aliphatic rings. The second-order valence-electron chi connectivity index (χ2n) is 5.92. The Balaban J connectivity index is 2.12. The van der Waals surface area contributed by atoms with Gasteiger partial charge in [0.1, 0.15) is 5.75 Å². The summed E-state index contributed by atoms with van der Waals surface area (Å²) in [5, 5.41) is 10.6. The van der Waals surface area contributed by atoms with Crippen molar-refractivity contribution in [1.29, 1.82) is 0 Å². The molecule has 1 aliphatic heterocycles. The van der Waals surface area contributed by atoms with Crippen molar-refractivity contribution in [1.82, 2.24) is 9.47 Å². The van der Waals surface area contributed by atoms with E-state index in [-0.39, 0.29) is 17.4 Å². The number of aryl methyl sites for hydroxylation is 1. The molecular formula is C17H23N3O4. The van der Waals surface area contributed by atoms with Gasteiger partial charge in [0.15, 0.2) is 0 Å². The summed E-state index contributed by atoms with van der Waals surface area (Å²) >= 11 is 0. The van der Waals surface area contributed by atoms with Crippen LogP contribution >= 0.6 is 0 Å². The molecule has 2 heterocycles. The summed E-state index contributed by atoms with van der Waals surface area (Å²) in [4.78, 5) is 14.8. The fourth-order valence-electron chi connectivity index (χ4n) is 3.13. The molecule has 0 bridgehead atoms. The highest BCUT2D eigenvalue weighted by Gasteiger charge is 2.25. The summed E-state index contributed by atoms with van der Waals surface area (Å²) in [5.41, 5.74) is 8.27. The zero-order chi connectivity index (χ0) is 17.3. The summed E-state index contributed by atoms with van der Waals surface area (Å²) in [6.45, 7) is 5.70. The third-order valence-corrected chi connectivity index (χ3v) is 4.43. The molecule has 0 atom stereocenters. The van der Waals surface area contributed by atoms with E-state index in [1.807, 2.05) is 11.6 Å². The first-order chi connectivity index (χ1) is 11.5. The summed E-state index contributed by atoms with van der Waals surface area (Å²) in [6, 6.07) is 3.23. The van der Waals surface area contributed by atoms with Gasteiger partial charge in [0.2, 0.25) is 0 Å². The van der Waals surface area contributed by atoms with Crippen LogP contribution in [0.2, 0.25) is 0 Å². The van der Waals surface area contributed by atoms with Gasteiger partial charge in [-0.3, -0.25) is 4.90 Å². The van der Waals surface area contributed by atoms with Crippen molar-refractivity contribution in [2.75, 3.05) is 38.6 Å². The number of nitrogens with two attached hydrogens (primary N) is 1. The first-order valence-electron chi connectivity index (χ1n) is 8.10. The fraction of sp³-hybridized carbons (Fsp3) is 0.471. The lowest BCUT2D eigenvalue weighted by Gasteiger charge is -2.27. The maximum Gasteiger partial charge on any atom is 0.340 e. The minimum atomic E-state index is -0.379. The first-order valence-corrected chi connectivity index (χ1v) is 8.10. The van der Waals surface area contributed by atoms with Gasteiger partial charge in [-0.1, -0.05) is 0 Å². The van der Waals surface area contributed by atoms with Gasteiger partial charge in [0.25, 0.3) is 0 Å². The molecule has 130 valence electrons. The number of fused-ring (bicyclic) bond motifs is 1. The van der Waals surface area contributed by atoms with E-state index in [9.17, 15) is 9.90 Å². The minimum Gasteiger partial charge on any atom is -0.506 e. The smallest absolute Gasteiger partial charge is 0.340 e. The molecule has 1 fully saturated rings. The van der Waals surface area contributed by atoms with Crippen LogP contribution in [0.15, 0.2) is 12.1 Å². The number of nitrogens with zero attached hydrogens (tertiary/aromatic N) is 2. The maximum absolute atomic E-state index is 12.5. The van der Waals surface area contributed by atoms with E-state index in [4.69, 9.17) is 15.2 Å². The Labute approximate surface area is 140 Å². The zero-order valence-electron chi connectivity index (χ0n) is 14.0. The molecule has 3 N–H and O–H groups in total. The number of hydrogen-bond acceptors (Lipinski definition) is 6. The number of benzene rings is 1. The molecule has 0 aliphatic carbocycles. The molecule has 24 heavy (non-hydrogen) atoms. The van der Waals surface area contributed by atoms with Gasteiger partial charge in [-0.05, 0) is 19.1 Å². The quantitative estimate of drug-likeness (QED) is 0.500. The Kier molecular flexibility index (Phi) is 4.64. The maximum atomic E-state index is 12.5. The Morgan fingerprint density at radius 2 is 2.08 bits per heavy atom. The Morgan fingerprint density at radius 1 is 1.38 bits per heavy atom. The SMILES string of the molecule is CCOC(=O)c1c(CN2CCOCC2)n(C)c2cc(N)c(O)cc12. The highest BCUT2D eigenvalue weighted by molar-refractivity contribution is 6.07. The van der Waals surface area contributed by atoms with Crippen LogP contribution in [-0.4, -0.2) is 53.5 Å². The molecule has 0 spiro atoms. The van der Waals surface area contributed by atoms with Crippen LogP contribution in [0.25, 0.3) is 10.9 Å². The topological polar surface area (TPSA) is 90.0 Å². The Morgan fingerprint density at radius 3 is 2.75 bits per heavy atom. The number of hydrogen-bond donors (Lipinski definition) is 2. The van der Waals surface area contributed by atoms with Crippen LogP contribution in [0, 0.1) is 0 Å². The number of phenolic OH excluding ortho intramolecular Hbond substituents is 1. The Hall–Kier alpha value is -2.25. The lowest BCUT2D eigenvalue weighted by molar-refractivity contribution is 0.0328. The van der Waals surface area contributed by atoms with Gasteiger partial charge in [0.05, 0.1) is 36.6 Å². The van der Waals surface area contributed by atoms with Crippen molar-refractivity contribution in [2.24, 2.45) is 7.05 Å². The molecule has 0 amide bonds. The van der Waals surface area contributed by atoms with Gasteiger partial charge in [-0.15, -0.1) is 0 Å². The van der Waals surface area contributed by atoms with Gasteiger partial charge < -0.3 is 24.9 Å². The second-order valence-corrected chi connectivity index (χ2v) is 5.92. The molecule has 3 rings (SSSR count). The molecule has 7 heteroatoms. The van der Waals surface area contributed by atoms with Crippen LogP contribution in [-0.2, 0) is 23.1 Å². The van der Waals surface area contributed by atoms with Crippen molar-refractivity contribution in [2.45, 2.75) is 13.5 Å². The number of carbonyl (C=O) groups excluding carboxylic acids is 1. The first kappa shape index (κ1) is 16.6. The van der Waals surface area contributed by atoms with Crippen LogP contribution in [0.5, 0.6) is 5.75 Å². The number of nitrogen functional groups attached to an aromatic ring is 1. The lowest BCUT2D eigenvalue weighted by atomic mass is 10.1. The minimum absolute atomic E-state index is 0.0310. The van der Waals surface area contributed by atoms with Gasteiger partial charge in [-0.2, -0.15) is 0 Å². The standard InChI is InChI=1S/C17H23N3O4/c1-3-24-17(22)16-11-8-15(21)12(18)9-13(11)19(2)14(16)10-20-4-6-23-7-5-20/h8-9,21H,3-7,10,18H2,1-2H3. The average molecular weight is 333 g/mol. The van der Waals surface area contributed by atoms with E-state index in [1.165, 1.54) is 0 Å². The van der Waals surface area contributed by atoms with E-state index in [0.717, 1.165) is 24.3 Å². The third kappa shape index (κ3) is 2.92. The molecule has 1 aromatic carbocycles. The van der Waals surface area contributed by atoms with Crippen LogP contribution in [0.3, 0.4) is 0 Å². The molecule has 0 saturated carbocycles. The van der Waals surface area contributed by atoms with Gasteiger partial charge in [0, 0.05) is 37.8 Å². The fourth-order valence-corrected chi connectivity index (χ4v) is 3.13. The van der Waals surface area contributed by atoms with Gasteiger partial charge in [-0.25, -0.2) is 4.79 Å². The third-order valence-electron chi connectivity index (χ3n) is 4.43. The number of esters is 1. The monoisotopic (exact) mass is 333 g/mol. The van der Waals surface area contributed by atoms with Crippen molar-refractivity contribution >= 4 is 22.6 Å². The second kappa shape index (κ2) is 6.70. The van der Waals surface area contributed by atoms with E-state index < -0.39 is 0 Å². The van der Waals surface area contributed by atoms with E-state index in [0.29, 0.717) is 37.3 Å². The number of aromatic nitrogens is 1. The number of aromatic hydroxyl groups is 1. The highest BCUT2D eigenvalue weighted by atomic mass is 16.5. The molecule has 0 unspecified atom stereocenters. The van der Waals surface area contributed by atoms with Crippen molar-refractivity contribution in [3.05, 3.63) is 23.4 Å². The van der Waals surface area contributed by atoms with E-state index >= 15 is 0 Å². The van der Waals surface area contributed by atoms with Crippen molar-refractivity contribution in [3.8, 4) is 5.75 Å². The van der Waals surface area contributed by atoms with Crippen LogP contribution < -0.4 is 5.73 Å². The van der Waals surface area contributed by atoms with Crippen molar-refractivity contribution in [3.63, 3.8) is 0 Å². The normalized spacial score (nSPS) is 15.8. The molecule has 0 radical (unpaired) electrons. The molecule has 7 nitrogen and oxygen atoms in total. The van der Waals surface area contributed by atoms with E-state index in [2.05, 4.69) is 4.90 Å². The van der Waals surface area contributed by atoms with Crippen molar-refractivity contribution < 1.29 is 19.4 Å². The molecule has 1 saturated heterocycles. The summed E-state index contributed by atoms with van der Waals surface area (Å²) in [5.74, 6) is -0.410.